The van der Waals surface area contributed by atoms with Crippen LogP contribution >= 0.6 is 0 Å². The molecule has 0 aliphatic heterocycles. The first-order valence-corrected chi connectivity index (χ1v) is 4.56. The minimum absolute atomic E-state index is 0.703. The smallest absolute Gasteiger partial charge is 0.0671 e. The van der Waals surface area contributed by atoms with Crippen LogP contribution in [0.5, 0.6) is 0 Å². The summed E-state index contributed by atoms with van der Waals surface area (Å²) >= 11 is 0. The molecule has 74 valence electrons. The third-order valence-electron chi connectivity index (χ3n) is 2.11. The number of nitrogens with one attached hydrogen (secondary N) is 2. The van der Waals surface area contributed by atoms with Gasteiger partial charge in [-0.05, 0) is 12.1 Å². The van der Waals surface area contributed by atoms with E-state index in [-0.39, 0.29) is 0 Å². The van der Waals surface area contributed by atoms with E-state index in [0.29, 0.717) is 6.61 Å². The number of benzene rings is 1. The highest BCUT2D eigenvalue weighted by Gasteiger charge is 2.00. The fourth-order valence-electron chi connectivity index (χ4n) is 1.41. The molecule has 0 spiro atoms. The van der Waals surface area contributed by atoms with Gasteiger partial charge in [0.15, 0.2) is 0 Å². The molecule has 0 bridgehead atoms. The van der Waals surface area contributed by atoms with Gasteiger partial charge in [0.05, 0.1) is 18.3 Å². The Balaban J connectivity index is 2.19. The number of aromatic nitrogens is 2. The van der Waals surface area contributed by atoms with E-state index in [4.69, 9.17) is 4.74 Å². The predicted octanol–water partition coefficient (Wildman–Crippen LogP) is 1.62. The number of ether oxygens (including phenoxy) is 1. The largest absolute Gasteiger partial charge is 0.383 e. The van der Waals surface area contributed by atoms with E-state index in [1.165, 1.54) is 0 Å². The van der Waals surface area contributed by atoms with Gasteiger partial charge in [-0.25, -0.2) is 0 Å². The molecule has 0 aliphatic rings. The molecular weight excluding hydrogens is 178 g/mol. The maximum Gasteiger partial charge on any atom is 0.0671 e. The van der Waals surface area contributed by atoms with Crippen LogP contribution in [0.25, 0.3) is 10.9 Å². The zero-order valence-electron chi connectivity index (χ0n) is 8.08. The van der Waals surface area contributed by atoms with Crippen molar-refractivity contribution in [2.24, 2.45) is 0 Å². The van der Waals surface area contributed by atoms with Crippen LogP contribution in [0.4, 0.5) is 5.69 Å². The monoisotopic (exact) mass is 191 g/mol. The summed E-state index contributed by atoms with van der Waals surface area (Å²) in [5.74, 6) is 0. The highest BCUT2D eigenvalue weighted by molar-refractivity contribution is 5.90. The van der Waals surface area contributed by atoms with Gasteiger partial charge in [-0.1, -0.05) is 6.07 Å². The summed E-state index contributed by atoms with van der Waals surface area (Å²) in [6, 6.07) is 6.03. The number of rotatable bonds is 4. The normalized spacial score (nSPS) is 10.6. The Morgan fingerprint density at radius 3 is 3.29 bits per heavy atom. The Morgan fingerprint density at radius 2 is 2.43 bits per heavy atom. The molecule has 0 fully saturated rings. The van der Waals surface area contributed by atoms with Crippen LogP contribution in [0.1, 0.15) is 0 Å². The number of hydrogen-bond donors (Lipinski definition) is 2. The molecule has 0 atom stereocenters. The lowest BCUT2D eigenvalue weighted by molar-refractivity contribution is 0.211. The number of hydrogen-bond acceptors (Lipinski definition) is 3. The maximum atomic E-state index is 4.97. The van der Waals surface area contributed by atoms with E-state index in [1.807, 2.05) is 24.4 Å². The third-order valence-corrected chi connectivity index (χ3v) is 2.11. The summed E-state index contributed by atoms with van der Waals surface area (Å²) < 4.78 is 4.97. The van der Waals surface area contributed by atoms with Gasteiger partial charge in [-0.3, -0.25) is 5.10 Å². The first-order chi connectivity index (χ1) is 6.92. The number of anilines is 1. The Labute approximate surface area is 82.3 Å². The van der Waals surface area contributed by atoms with Gasteiger partial charge >= 0.3 is 0 Å². The third kappa shape index (κ3) is 1.70. The zero-order valence-corrected chi connectivity index (χ0v) is 8.08. The second-order valence-electron chi connectivity index (χ2n) is 3.06. The molecule has 0 amide bonds. The van der Waals surface area contributed by atoms with Crippen molar-refractivity contribution in [2.45, 2.75) is 0 Å². The first kappa shape index (κ1) is 9.02. The molecule has 4 nitrogen and oxygen atoms in total. The van der Waals surface area contributed by atoms with Crippen molar-refractivity contribution < 1.29 is 4.74 Å². The lowest BCUT2D eigenvalue weighted by Gasteiger charge is -2.05. The van der Waals surface area contributed by atoms with Gasteiger partial charge in [0, 0.05) is 24.7 Å². The van der Waals surface area contributed by atoms with Gasteiger partial charge in [-0.2, -0.15) is 5.10 Å². The number of methoxy groups -OCH3 is 1. The van der Waals surface area contributed by atoms with Crippen molar-refractivity contribution in [3.8, 4) is 0 Å². The Hall–Kier alpha value is -1.55. The second kappa shape index (κ2) is 4.11. The van der Waals surface area contributed by atoms with Crippen LogP contribution in [0.3, 0.4) is 0 Å². The summed E-state index contributed by atoms with van der Waals surface area (Å²) in [5, 5.41) is 11.3. The fourth-order valence-corrected chi connectivity index (χ4v) is 1.41. The molecule has 14 heavy (non-hydrogen) atoms. The first-order valence-electron chi connectivity index (χ1n) is 4.56. The van der Waals surface area contributed by atoms with Crippen LogP contribution < -0.4 is 5.32 Å². The average Bonchev–Trinajstić information content (AvgIpc) is 2.67. The van der Waals surface area contributed by atoms with E-state index in [2.05, 4.69) is 15.5 Å². The van der Waals surface area contributed by atoms with Gasteiger partial charge in [-0.15, -0.1) is 0 Å². The van der Waals surface area contributed by atoms with Gasteiger partial charge in [0.1, 0.15) is 0 Å². The molecule has 1 aromatic heterocycles. The topological polar surface area (TPSA) is 49.9 Å². The summed E-state index contributed by atoms with van der Waals surface area (Å²) in [6.07, 6.45) is 1.82. The number of nitrogens with zero attached hydrogens (tertiary/aromatic N) is 1. The van der Waals surface area contributed by atoms with Crippen LogP contribution in [0.15, 0.2) is 24.4 Å². The Kier molecular flexibility index (Phi) is 2.65. The van der Waals surface area contributed by atoms with Gasteiger partial charge in [0.2, 0.25) is 0 Å². The van der Waals surface area contributed by atoms with Crippen molar-refractivity contribution in [3.63, 3.8) is 0 Å². The van der Waals surface area contributed by atoms with Crippen molar-refractivity contribution in [3.05, 3.63) is 24.4 Å². The van der Waals surface area contributed by atoms with E-state index in [9.17, 15) is 0 Å². The Bertz CT molecular complexity index is 410. The Morgan fingerprint density at radius 1 is 1.50 bits per heavy atom. The number of fused-ring (bicyclic) bond motifs is 1. The molecule has 0 radical (unpaired) electrons. The summed E-state index contributed by atoms with van der Waals surface area (Å²) in [6.45, 7) is 1.51. The van der Waals surface area contributed by atoms with Gasteiger partial charge in [0.25, 0.3) is 0 Å². The van der Waals surface area contributed by atoms with E-state index >= 15 is 0 Å². The molecule has 2 N–H and O–H groups in total. The summed E-state index contributed by atoms with van der Waals surface area (Å²) in [7, 11) is 1.69. The summed E-state index contributed by atoms with van der Waals surface area (Å²) in [4.78, 5) is 0. The van der Waals surface area contributed by atoms with E-state index < -0.39 is 0 Å². The zero-order chi connectivity index (χ0) is 9.80. The molecule has 1 aromatic carbocycles. The molecule has 2 aromatic rings. The second-order valence-corrected chi connectivity index (χ2v) is 3.06. The quantitative estimate of drug-likeness (QED) is 0.722. The SMILES string of the molecule is COCCNc1cccc2[nH]ncc12. The van der Waals surface area contributed by atoms with Crippen LogP contribution in [0.2, 0.25) is 0 Å². The van der Waals surface area contributed by atoms with Crippen molar-refractivity contribution in [2.75, 3.05) is 25.6 Å². The molecule has 0 saturated carbocycles. The fraction of sp³-hybridized carbons (Fsp3) is 0.300. The highest BCUT2D eigenvalue weighted by atomic mass is 16.5. The molecule has 2 rings (SSSR count). The lowest BCUT2D eigenvalue weighted by atomic mass is 10.2. The number of aromatic amines is 1. The maximum absolute atomic E-state index is 4.97. The van der Waals surface area contributed by atoms with E-state index in [1.54, 1.807) is 7.11 Å². The molecular formula is C10H13N3O. The molecule has 0 aliphatic carbocycles. The van der Waals surface area contributed by atoms with Crippen LogP contribution in [-0.2, 0) is 4.74 Å². The van der Waals surface area contributed by atoms with Crippen molar-refractivity contribution in [1.82, 2.24) is 10.2 Å². The lowest BCUT2D eigenvalue weighted by Crippen LogP contribution is -2.07. The van der Waals surface area contributed by atoms with Crippen molar-refractivity contribution >= 4 is 16.6 Å². The number of H-pyrrole nitrogens is 1. The minimum Gasteiger partial charge on any atom is -0.383 e. The highest BCUT2D eigenvalue weighted by Crippen LogP contribution is 2.20. The minimum atomic E-state index is 0.703. The summed E-state index contributed by atoms with van der Waals surface area (Å²) in [5.41, 5.74) is 2.14. The molecule has 0 saturated heterocycles. The molecule has 1 heterocycles. The average molecular weight is 191 g/mol. The van der Waals surface area contributed by atoms with Gasteiger partial charge < -0.3 is 10.1 Å². The van der Waals surface area contributed by atoms with Crippen LogP contribution in [-0.4, -0.2) is 30.5 Å². The predicted molar refractivity (Wildman–Crippen MR) is 56.5 cm³/mol. The molecule has 4 heteroatoms. The van der Waals surface area contributed by atoms with Crippen LogP contribution in [0, 0.1) is 0 Å². The molecule has 0 unspecified atom stereocenters. The van der Waals surface area contributed by atoms with E-state index in [0.717, 1.165) is 23.1 Å². The van der Waals surface area contributed by atoms with Crippen molar-refractivity contribution in [1.29, 1.82) is 0 Å². The standard InChI is InChI=1S/C10H13N3O/c1-14-6-5-11-9-3-2-4-10-8(9)7-12-13-10/h2-4,7,11H,5-6H2,1H3,(H,12,13).